The number of hydrogen-bond donors (Lipinski definition) is 1. The number of carbonyl (C=O) groups excluding carboxylic acids is 1. The van der Waals surface area contributed by atoms with E-state index in [2.05, 4.69) is 10.3 Å². The molecule has 3 rings (SSSR count). The van der Waals surface area contributed by atoms with Crippen LogP contribution >= 0.6 is 0 Å². The van der Waals surface area contributed by atoms with Crippen LogP contribution in [0.25, 0.3) is 0 Å². The van der Waals surface area contributed by atoms with Crippen molar-refractivity contribution in [1.29, 1.82) is 0 Å². The molecule has 0 saturated heterocycles. The molecule has 1 atom stereocenters. The van der Waals surface area contributed by atoms with Gasteiger partial charge in [0, 0.05) is 25.1 Å². The number of amides is 1. The molecule has 0 bridgehead atoms. The van der Waals surface area contributed by atoms with Crippen LogP contribution in [0.15, 0.2) is 41.4 Å². The number of carbonyl (C=O) groups is 1. The van der Waals surface area contributed by atoms with E-state index in [1.165, 1.54) is 6.07 Å². The van der Waals surface area contributed by atoms with E-state index in [-0.39, 0.29) is 24.9 Å². The third-order valence-corrected chi connectivity index (χ3v) is 4.52. The molecule has 1 N–H and O–H groups in total. The molecule has 1 aliphatic rings. The zero-order chi connectivity index (χ0) is 19.9. The third kappa shape index (κ3) is 4.85. The van der Waals surface area contributed by atoms with Gasteiger partial charge in [0.1, 0.15) is 5.75 Å². The fourth-order valence-electron chi connectivity index (χ4n) is 3.04. The maximum atomic E-state index is 13.4. The van der Waals surface area contributed by atoms with Gasteiger partial charge < -0.3 is 14.8 Å². The van der Waals surface area contributed by atoms with Gasteiger partial charge in [-0.15, -0.1) is 0 Å². The first-order valence-corrected chi connectivity index (χ1v) is 9.14. The molecule has 1 unspecified atom stereocenters. The number of aliphatic imine (C=N–C) groups is 1. The van der Waals surface area contributed by atoms with Crippen molar-refractivity contribution in [2.45, 2.75) is 25.2 Å². The molecule has 148 valence electrons. The lowest BCUT2D eigenvalue weighted by molar-refractivity contribution is -0.121. The largest absolute Gasteiger partial charge is 0.497 e. The van der Waals surface area contributed by atoms with Crippen molar-refractivity contribution < 1.29 is 23.0 Å². The predicted octanol–water partition coefficient (Wildman–Crippen LogP) is 4.14. The molecular weight excluding hydrogens is 366 g/mol. The van der Waals surface area contributed by atoms with Gasteiger partial charge in [-0.2, -0.15) is 0 Å². The van der Waals surface area contributed by atoms with Crippen LogP contribution in [0.5, 0.6) is 11.5 Å². The van der Waals surface area contributed by atoms with Gasteiger partial charge in [-0.05, 0) is 48.7 Å². The van der Waals surface area contributed by atoms with E-state index in [9.17, 15) is 13.6 Å². The molecule has 5 nitrogen and oxygen atoms in total. The second-order valence-electron chi connectivity index (χ2n) is 6.45. The van der Waals surface area contributed by atoms with Crippen LogP contribution in [0.2, 0.25) is 0 Å². The fraction of sp³-hybridized carbons (Fsp3) is 0.333. The highest BCUT2D eigenvalue weighted by Crippen LogP contribution is 2.36. The van der Waals surface area contributed by atoms with Crippen molar-refractivity contribution in [3.8, 4) is 11.5 Å². The second kappa shape index (κ2) is 9.30. The van der Waals surface area contributed by atoms with Crippen LogP contribution in [-0.2, 0) is 4.79 Å². The molecule has 0 aromatic heterocycles. The number of ether oxygens (including phenoxy) is 2. The van der Waals surface area contributed by atoms with E-state index in [0.717, 1.165) is 35.6 Å². The van der Waals surface area contributed by atoms with Gasteiger partial charge in [0.25, 0.3) is 0 Å². The standard InChI is InChI=1S/C21H22F2N2O3/c1-27-15-7-8-19-16(12-15)14(13-25-19)9-10-24-20(26)6-3-11-28-21-17(22)4-2-5-18(21)23/h2,4-5,7-8,12-14H,3,6,9-11H2,1H3,(H,24,26). The smallest absolute Gasteiger partial charge is 0.220 e. The summed E-state index contributed by atoms with van der Waals surface area (Å²) < 4.78 is 37.2. The van der Waals surface area contributed by atoms with Crippen LogP contribution in [0.4, 0.5) is 14.5 Å². The quantitative estimate of drug-likeness (QED) is 0.657. The van der Waals surface area contributed by atoms with E-state index in [1.54, 1.807) is 7.11 Å². The Morgan fingerprint density at radius 1 is 1.21 bits per heavy atom. The molecule has 0 radical (unpaired) electrons. The van der Waals surface area contributed by atoms with E-state index in [4.69, 9.17) is 9.47 Å². The van der Waals surface area contributed by atoms with E-state index in [1.807, 2.05) is 24.4 Å². The molecule has 0 spiro atoms. The van der Waals surface area contributed by atoms with Crippen LogP contribution < -0.4 is 14.8 Å². The number of fused-ring (bicyclic) bond motifs is 1. The highest BCUT2D eigenvalue weighted by molar-refractivity contribution is 5.81. The first-order valence-electron chi connectivity index (χ1n) is 9.14. The van der Waals surface area contributed by atoms with Crippen LogP contribution in [0.1, 0.15) is 30.7 Å². The summed E-state index contributed by atoms with van der Waals surface area (Å²) in [5, 5.41) is 2.85. The Morgan fingerprint density at radius 3 is 2.75 bits per heavy atom. The normalized spacial score (nSPS) is 14.6. The average Bonchev–Trinajstić information content (AvgIpc) is 3.09. The van der Waals surface area contributed by atoms with Crippen LogP contribution in [-0.4, -0.2) is 32.4 Å². The Balaban J connectivity index is 1.36. The molecular formula is C21H22F2N2O3. The van der Waals surface area contributed by atoms with Gasteiger partial charge >= 0.3 is 0 Å². The zero-order valence-electron chi connectivity index (χ0n) is 15.6. The molecule has 2 aromatic rings. The molecule has 0 fully saturated rings. The summed E-state index contributed by atoms with van der Waals surface area (Å²) in [4.78, 5) is 16.3. The second-order valence-corrected chi connectivity index (χ2v) is 6.45. The number of halogens is 2. The fourth-order valence-corrected chi connectivity index (χ4v) is 3.04. The summed E-state index contributed by atoms with van der Waals surface area (Å²) in [6, 6.07) is 9.29. The number of hydrogen-bond acceptors (Lipinski definition) is 4. The van der Waals surface area contributed by atoms with E-state index >= 15 is 0 Å². The zero-order valence-corrected chi connectivity index (χ0v) is 15.6. The number of nitrogens with zero attached hydrogens (tertiary/aromatic N) is 1. The number of benzene rings is 2. The Kier molecular flexibility index (Phi) is 6.57. The van der Waals surface area contributed by atoms with Crippen LogP contribution in [0.3, 0.4) is 0 Å². The molecule has 1 heterocycles. The average molecular weight is 388 g/mol. The minimum atomic E-state index is -0.750. The highest BCUT2D eigenvalue weighted by atomic mass is 19.1. The molecule has 0 aliphatic carbocycles. The monoisotopic (exact) mass is 388 g/mol. The Labute approximate surface area is 162 Å². The lowest BCUT2D eigenvalue weighted by atomic mass is 9.97. The van der Waals surface area contributed by atoms with Crippen molar-refractivity contribution in [3.63, 3.8) is 0 Å². The lowest BCUT2D eigenvalue weighted by Crippen LogP contribution is -2.25. The van der Waals surface area contributed by atoms with Crippen LogP contribution in [0, 0.1) is 11.6 Å². The summed E-state index contributed by atoms with van der Waals surface area (Å²) in [7, 11) is 1.62. The predicted molar refractivity (Wildman–Crippen MR) is 103 cm³/mol. The minimum Gasteiger partial charge on any atom is -0.497 e. The molecule has 0 saturated carbocycles. The van der Waals surface area contributed by atoms with Gasteiger partial charge in [-0.25, -0.2) is 8.78 Å². The molecule has 28 heavy (non-hydrogen) atoms. The summed E-state index contributed by atoms with van der Waals surface area (Å²) in [5.41, 5.74) is 2.02. The topological polar surface area (TPSA) is 59.9 Å². The Bertz CT molecular complexity index is 850. The molecule has 1 aliphatic heterocycles. The van der Waals surface area contributed by atoms with Gasteiger partial charge in [-0.1, -0.05) is 6.07 Å². The van der Waals surface area contributed by atoms with E-state index < -0.39 is 17.4 Å². The van der Waals surface area contributed by atoms with Gasteiger partial charge in [0.05, 0.1) is 19.4 Å². The van der Waals surface area contributed by atoms with E-state index in [0.29, 0.717) is 13.0 Å². The Hall–Kier alpha value is -2.96. The lowest BCUT2D eigenvalue weighted by Gasteiger charge is -2.12. The van der Waals surface area contributed by atoms with Gasteiger partial charge in [-0.3, -0.25) is 9.79 Å². The molecule has 2 aromatic carbocycles. The summed E-state index contributed by atoms with van der Waals surface area (Å²) in [6.07, 6.45) is 3.20. The SMILES string of the molecule is COc1ccc2c(c1)C(CCNC(=O)CCCOc1c(F)cccc1F)C=N2. The number of methoxy groups -OCH3 is 1. The minimum absolute atomic E-state index is 0.0632. The number of para-hydroxylation sites is 1. The maximum Gasteiger partial charge on any atom is 0.220 e. The summed E-state index contributed by atoms with van der Waals surface area (Å²) in [5.74, 6) is -1.11. The van der Waals surface area contributed by atoms with Crippen molar-refractivity contribution in [2.24, 2.45) is 4.99 Å². The first kappa shape index (κ1) is 19.8. The molecule has 7 heteroatoms. The van der Waals surface area contributed by atoms with Crippen molar-refractivity contribution in [3.05, 3.63) is 53.6 Å². The van der Waals surface area contributed by atoms with Crippen molar-refractivity contribution in [2.75, 3.05) is 20.3 Å². The highest BCUT2D eigenvalue weighted by Gasteiger charge is 2.19. The van der Waals surface area contributed by atoms with Gasteiger partial charge in [0.15, 0.2) is 17.4 Å². The number of rotatable bonds is 9. The van der Waals surface area contributed by atoms with Crippen molar-refractivity contribution >= 4 is 17.8 Å². The van der Waals surface area contributed by atoms with Crippen molar-refractivity contribution in [1.82, 2.24) is 5.32 Å². The third-order valence-electron chi connectivity index (χ3n) is 4.52. The summed E-state index contributed by atoms with van der Waals surface area (Å²) >= 11 is 0. The first-order chi connectivity index (χ1) is 13.6. The maximum absolute atomic E-state index is 13.4. The Morgan fingerprint density at radius 2 is 2.00 bits per heavy atom. The number of nitrogens with one attached hydrogen (secondary N) is 1. The molecule has 1 amide bonds. The summed E-state index contributed by atoms with van der Waals surface area (Å²) in [6.45, 7) is 0.572. The van der Waals surface area contributed by atoms with Gasteiger partial charge in [0.2, 0.25) is 5.91 Å².